The number of nitrogens with one attached hydrogen (secondary N) is 1. The minimum atomic E-state index is 0. The molecule has 6 nitrogen and oxygen atoms in total. The third kappa shape index (κ3) is 7.94. The Morgan fingerprint density at radius 1 is 0.583 bits per heavy atom. The van der Waals surface area contributed by atoms with Crippen molar-refractivity contribution in [3.63, 3.8) is 0 Å². The molecular weight excluding hydrogens is 704 g/mol. The van der Waals surface area contributed by atoms with Crippen LogP contribution in [0.3, 0.4) is 0 Å². The normalized spacial score (nSPS) is 10.7. The number of aromatic nitrogens is 2. The zero-order valence-corrected chi connectivity index (χ0v) is 29.4. The lowest BCUT2D eigenvalue weighted by atomic mass is 10.2. The van der Waals surface area contributed by atoms with Gasteiger partial charge in [0.05, 0.1) is 21.2 Å². The first-order valence-electron chi connectivity index (χ1n) is 15.3. The van der Waals surface area contributed by atoms with Crippen molar-refractivity contribution in [2.45, 2.75) is 21.3 Å². The van der Waals surface area contributed by atoms with E-state index in [1.54, 1.807) is 22.7 Å². The molecule has 0 fully saturated rings. The van der Waals surface area contributed by atoms with Crippen molar-refractivity contribution >= 4 is 82.2 Å². The maximum Gasteiger partial charge on any atom is 0.189 e. The smallest absolute Gasteiger partial charge is 0.189 e. The molecule has 248 valence electrons. The first-order valence-corrected chi connectivity index (χ1v) is 18.0. The first-order chi connectivity index (χ1) is 23.2. The van der Waals surface area contributed by atoms with E-state index in [0.29, 0.717) is 20.0 Å². The summed E-state index contributed by atoms with van der Waals surface area (Å²) in [6.07, 6.45) is 0. The molecule has 0 aliphatic heterocycles. The van der Waals surface area contributed by atoms with E-state index in [-0.39, 0.29) is 14.2 Å². The van der Waals surface area contributed by atoms with Crippen molar-refractivity contribution in [3.8, 4) is 17.2 Å². The van der Waals surface area contributed by atoms with Crippen LogP contribution in [0.4, 0.5) is 0 Å². The van der Waals surface area contributed by atoms with Crippen molar-refractivity contribution in [2.24, 2.45) is 0 Å². The molecule has 9 heteroatoms. The lowest BCUT2D eigenvalue weighted by Crippen LogP contribution is -2.03. The minimum absolute atomic E-state index is 0. The summed E-state index contributed by atoms with van der Waals surface area (Å²) in [5, 5.41) is 13.2. The molecule has 8 aromatic rings. The van der Waals surface area contributed by atoms with Crippen LogP contribution in [0.1, 0.15) is 21.3 Å². The molecule has 0 unspecified atom stereocenters. The number of aromatic amines is 1. The van der Waals surface area contributed by atoms with E-state index in [1.807, 2.05) is 30.0 Å². The molecule has 4 aromatic heterocycles. The fourth-order valence-corrected chi connectivity index (χ4v) is 7.34. The predicted octanol–water partition coefficient (Wildman–Crippen LogP) is 12.1. The Kier molecular flexibility index (Phi) is 12.7. The van der Waals surface area contributed by atoms with Crippen LogP contribution in [-0.4, -0.2) is 36.4 Å². The van der Waals surface area contributed by atoms with E-state index >= 15 is 0 Å². The van der Waals surface area contributed by atoms with E-state index < -0.39 is 0 Å². The Labute approximate surface area is 297 Å². The third-order valence-electron chi connectivity index (χ3n) is 7.43. The summed E-state index contributed by atoms with van der Waals surface area (Å²) in [5.41, 5.74) is 5.86. The molecule has 4 aromatic carbocycles. The summed E-state index contributed by atoms with van der Waals surface area (Å²) in [5.74, 6) is 1.71. The van der Waals surface area contributed by atoms with Gasteiger partial charge in [-0.2, -0.15) is 0 Å². The first kappa shape index (κ1) is 35.2. The van der Waals surface area contributed by atoms with E-state index in [0.717, 1.165) is 21.7 Å². The van der Waals surface area contributed by atoms with Crippen LogP contribution in [0.15, 0.2) is 123 Å². The quantitative estimate of drug-likeness (QED) is 0.118. The highest BCUT2D eigenvalue weighted by Crippen LogP contribution is 2.37. The lowest BCUT2D eigenvalue weighted by molar-refractivity contribution is 0.0221. The van der Waals surface area contributed by atoms with Gasteiger partial charge in [-0.3, -0.25) is 0 Å². The predicted molar refractivity (Wildman–Crippen MR) is 207 cm³/mol. The molecule has 0 amide bonds. The van der Waals surface area contributed by atoms with Crippen LogP contribution in [-0.2, 0) is 9.47 Å². The number of fused-ring (bicyclic) bond motifs is 6. The maximum absolute atomic E-state index is 5.81. The van der Waals surface area contributed by atoms with Crippen molar-refractivity contribution < 1.29 is 18.9 Å². The number of thiophene rings is 2. The fraction of sp³-hybridized carbons (Fsp3) is 0.179. The summed E-state index contributed by atoms with van der Waals surface area (Å²) >= 11 is 6.58. The Hall–Kier alpha value is -4.12. The molecule has 8 rings (SSSR count). The molecule has 0 saturated carbocycles. The number of benzene rings is 4. The van der Waals surface area contributed by atoms with Crippen molar-refractivity contribution in [1.82, 2.24) is 9.55 Å². The molecule has 1 N–H and O–H groups in total. The average molecular weight is 744 g/mol. The van der Waals surface area contributed by atoms with E-state index in [4.69, 9.17) is 18.9 Å². The number of H-pyrrole nitrogens is 1. The molecule has 48 heavy (non-hydrogen) atoms. The standard InChI is InChI=1S/C19H17NO2S.C12H9N.C7H9BrO2S.CH4/c1-2-21-13-22-19-12-23-11-18(19)20-16-9-5-3-7-14(16)15-8-4-6-10-17(15)20;1-3-7-11-9(5-1)10-6-2-4-8-12(10)13-11;1-2-9-5-10-7-4-11-3-6(7)8;/h3-12H,2,13H2,1H3;1-8,13H;3-4H,2,5H2,1H3;1H4. The van der Waals surface area contributed by atoms with Crippen LogP contribution in [0.2, 0.25) is 0 Å². The van der Waals surface area contributed by atoms with E-state index in [2.05, 4.69) is 128 Å². The van der Waals surface area contributed by atoms with Crippen LogP contribution >= 0.6 is 38.6 Å². The highest BCUT2D eigenvalue weighted by atomic mass is 79.9. The SMILES string of the molecule is C.CCOCOc1cscc1-n1c2ccccc2c2ccccc21.CCOCOc1cscc1Br.c1ccc2c(c1)[nH]c1ccccc12. The van der Waals surface area contributed by atoms with Gasteiger partial charge in [-0.15, -0.1) is 22.7 Å². The van der Waals surface area contributed by atoms with Crippen molar-refractivity contribution in [1.29, 1.82) is 0 Å². The van der Waals surface area contributed by atoms with E-state index in [1.165, 1.54) is 43.6 Å². The molecule has 4 heterocycles. The second kappa shape index (κ2) is 17.3. The zero-order chi connectivity index (χ0) is 32.4. The summed E-state index contributed by atoms with van der Waals surface area (Å²) in [7, 11) is 0. The fourth-order valence-electron chi connectivity index (χ4n) is 5.28. The van der Waals surface area contributed by atoms with Gasteiger partial charge in [0, 0.05) is 67.3 Å². The molecular formula is C39H39BrN2O4S2. The van der Waals surface area contributed by atoms with Gasteiger partial charge in [-0.05, 0) is 54.0 Å². The highest BCUT2D eigenvalue weighted by molar-refractivity contribution is 9.10. The highest BCUT2D eigenvalue weighted by Gasteiger charge is 2.15. The Bertz CT molecular complexity index is 2080. The monoisotopic (exact) mass is 742 g/mol. The van der Waals surface area contributed by atoms with Crippen molar-refractivity contribution in [3.05, 3.63) is 123 Å². The molecule has 0 spiro atoms. The largest absolute Gasteiger partial charge is 0.465 e. The second-order valence-corrected chi connectivity index (χ2v) is 12.6. The number of hydrogen-bond donors (Lipinski definition) is 1. The lowest BCUT2D eigenvalue weighted by Gasteiger charge is -2.10. The number of para-hydroxylation sites is 4. The van der Waals surface area contributed by atoms with Crippen molar-refractivity contribution in [2.75, 3.05) is 26.8 Å². The minimum Gasteiger partial charge on any atom is -0.465 e. The molecule has 0 saturated heterocycles. The van der Waals surface area contributed by atoms with Gasteiger partial charge in [0.2, 0.25) is 0 Å². The number of nitrogens with zero attached hydrogens (tertiary/aromatic N) is 1. The third-order valence-corrected chi connectivity index (χ3v) is 9.78. The molecule has 0 bridgehead atoms. The van der Waals surface area contributed by atoms with Gasteiger partial charge >= 0.3 is 0 Å². The van der Waals surface area contributed by atoms with Gasteiger partial charge in [0.25, 0.3) is 0 Å². The van der Waals surface area contributed by atoms with Gasteiger partial charge in [-0.25, -0.2) is 0 Å². The summed E-state index contributed by atoms with van der Waals surface area (Å²) in [6.45, 7) is 5.83. The Morgan fingerprint density at radius 3 is 1.56 bits per heavy atom. The zero-order valence-electron chi connectivity index (χ0n) is 26.2. The summed E-state index contributed by atoms with van der Waals surface area (Å²) in [4.78, 5) is 3.38. The number of halogens is 1. The maximum atomic E-state index is 5.81. The van der Waals surface area contributed by atoms with Crippen LogP contribution in [0.25, 0.3) is 49.3 Å². The molecule has 0 atom stereocenters. The summed E-state index contributed by atoms with van der Waals surface area (Å²) in [6, 6.07) is 33.7. The van der Waals surface area contributed by atoms with Crippen LogP contribution in [0, 0.1) is 0 Å². The molecule has 0 aliphatic rings. The molecule has 0 aliphatic carbocycles. The van der Waals surface area contributed by atoms with Gasteiger partial charge in [0.15, 0.2) is 19.3 Å². The Balaban J connectivity index is 0.000000153. The van der Waals surface area contributed by atoms with Crippen LogP contribution in [0.5, 0.6) is 11.5 Å². The van der Waals surface area contributed by atoms with E-state index in [9.17, 15) is 0 Å². The number of rotatable bonds is 9. The topological polar surface area (TPSA) is 57.6 Å². The summed E-state index contributed by atoms with van der Waals surface area (Å²) < 4.78 is 24.7. The van der Waals surface area contributed by atoms with Gasteiger partial charge < -0.3 is 28.5 Å². The number of ether oxygens (including phenoxy) is 4. The second-order valence-electron chi connectivity index (χ2n) is 10.3. The van der Waals surface area contributed by atoms with Gasteiger partial charge in [0.1, 0.15) is 5.75 Å². The van der Waals surface area contributed by atoms with Crippen LogP contribution < -0.4 is 9.47 Å². The molecule has 0 radical (unpaired) electrons. The Morgan fingerprint density at radius 2 is 1.04 bits per heavy atom. The number of hydrogen-bond acceptors (Lipinski definition) is 6. The average Bonchev–Trinajstić information content (AvgIpc) is 3.90. The van der Waals surface area contributed by atoms with Gasteiger partial charge in [-0.1, -0.05) is 80.2 Å².